The average Bonchev–Trinajstić information content (AvgIpc) is 3.32. The third kappa shape index (κ3) is 23.7. The van der Waals surface area contributed by atoms with E-state index in [4.69, 9.17) is 23.7 Å². The highest BCUT2D eigenvalue weighted by Crippen LogP contribution is 2.46. The van der Waals surface area contributed by atoms with Gasteiger partial charge in [-0.15, -0.1) is 0 Å². The molecule has 3 atom stereocenters. The van der Waals surface area contributed by atoms with Gasteiger partial charge < -0.3 is 33.7 Å². The van der Waals surface area contributed by atoms with Gasteiger partial charge in [0.25, 0.3) is 0 Å². The number of ether oxygens (including phenoxy) is 5. The van der Waals surface area contributed by atoms with Crippen molar-refractivity contribution in [3.8, 4) is 11.5 Å². The lowest BCUT2D eigenvalue weighted by atomic mass is 9.71. The van der Waals surface area contributed by atoms with E-state index in [1.165, 1.54) is 103 Å². The van der Waals surface area contributed by atoms with Gasteiger partial charge in [0.15, 0.2) is 6.79 Å². The number of hydrogen-bond donors (Lipinski definition) is 1. The maximum Gasteiger partial charge on any atom is 0.306 e. The first-order valence-corrected chi connectivity index (χ1v) is 25.9. The van der Waals surface area contributed by atoms with Crippen LogP contribution in [0.5, 0.6) is 11.5 Å². The summed E-state index contributed by atoms with van der Waals surface area (Å²) in [6.07, 6.45) is 25.8. The van der Waals surface area contributed by atoms with Crippen molar-refractivity contribution in [3.63, 3.8) is 0 Å². The van der Waals surface area contributed by atoms with Crippen LogP contribution >= 0.6 is 0 Å². The fraction of sp³-hybridized carbons (Fsp3) is 0.649. The number of carbonyl (C=O) groups is 2. The topological polar surface area (TPSA) is 104 Å². The van der Waals surface area contributed by atoms with Gasteiger partial charge in [-0.1, -0.05) is 197 Å². The SMILES string of the molecule is CCCCCCCCCCCCCC(=O)OCC(CC(O)(c1ccccc1)C(c1ccc(OCCN(C)C)cc1)c1ccc(OCOC)cc1)OC(=O)CCCCCCCCCCCCC. The van der Waals surface area contributed by atoms with Gasteiger partial charge >= 0.3 is 11.9 Å². The zero-order valence-corrected chi connectivity index (χ0v) is 41.9. The molecule has 3 rings (SSSR count). The van der Waals surface area contributed by atoms with E-state index in [2.05, 4.69) is 18.7 Å². The van der Waals surface area contributed by atoms with E-state index in [0.717, 1.165) is 61.9 Å². The van der Waals surface area contributed by atoms with Gasteiger partial charge in [-0.05, 0) is 67.9 Å². The van der Waals surface area contributed by atoms with Crippen LogP contribution < -0.4 is 9.47 Å². The molecule has 0 aliphatic heterocycles. The van der Waals surface area contributed by atoms with Crippen LogP contribution in [0.15, 0.2) is 78.9 Å². The molecule has 0 aliphatic carbocycles. The first kappa shape index (κ1) is 56.4. The third-order valence-corrected chi connectivity index (χ3v) is 12.6. The summed E-state index contributed by atoms with van der Waals surface area (Å²) in [5.74, 6) is 0.0694. The first-order valence-electron chi connectivity index (χ1n) is 25.9. The molecule has 3 unspecified atom stereocenters. The minimum Gasteiger partial charge on any atom is -0.492 e. The Morgan fingerprint density at radius 3 is 1.47 bits per heavy atom. The zero-order valence-electron chi connectivity index (χ0n) is 41.9. The molecule has 370 valence electrons. The van der Waals surface area contributed by atoms with Crippen LogP contribution in [-0.2, 0) is 29.4 Å². The molecule has 0 aliphatic rings. The van der Waals surface area contributed by atoms with Crippen LogP contribution in [0, 0.1) is 0 Å². The van der Waals surface area contributed by atoms with Crippen molar-refractivity contribution < 1.29 is 38.4 Å². The summed E-state index contributed by atoms with van der Waals surface area (Å²) in [6, 6.07) is 25.0. The van der Waals surface area contributed by atoms with E-state index in [1.807, 2.05) is 93.0 Å². The quantitative estimate of drug-likeness (QED) is 0.0339. The van der Waals surface area contributed by atoms with Crippen molar-refractivity contribution >= 4 is 11.9 Å². The zero-order chi connectivity index (χ0) is 47.5. The van der Waals surface area contributed by atoms with E-state index in [-0.39, 0.29) is 38.2 Å². The highest BCUT2D eigenvalue weighted by atomic mass is 16.7. The lowest BCUT2D eigenvalue weighted by Gasteiger charge is -2.39. The predicted octanol–water partition coefficient (Wildman–Crippen LogP) is 13.9. The van der Waals surface area contributed by atoms with Gasteiger partial charge in [0, 0.05) is 38.8 Å². The summed E-state index contributed by atoms with van der Waals surface area (Å²) < 4.78 is 29.1. The maximum absolute atomic E-state index is 13.7. The number of hydrogen-bond acceptors (Lipinski definition) is 9. The summed E-state index contributed by atoms with van der Waals surface area (Å²) >= 11 is 0. The Kier molecular flexibility index (Phi) is 30.1. The van der Waals surface area contributed by atoms with Gasteiger partial charge in [0.1, 0.15) is 36.4 Å². The number of nitrogens with zero attached hydrogens (tertiary/aromatic N) is 1. The normalized spacial score (nSPS) is 13.3. The van der Waals surface area contributed by atoms with Crippen LogP contribution in [0.4, 0.5) is 0 Å². The Morgan fingerprint density at radius 2 is 1.02 bits per heavy atom. The molecule has 0 saturated heterocycles. The largest absolute Gasteiger partial charge is 0.492 e. The standard InChI is InChI=1S/C57H89NO8/c1-6-8-10-12-14-16-18-20-22-24-29-33-54(59)64-46-53(66-55(60)34-30-25-23-21-19-17-15-13-11-9-7-2)45-57(61,50-31-27-26-28-32-50)56(49-37-41-52(42-38-49)65-47-62-5)48-35-39-51(40-36-48)63-44-43-58(3)4/h26-28,31-32,35-42,53,56,61H,6-25,29-30,33-34,43-47H2,1-5H3. The van der Waals surface area contributed by atoms with E-state index < -0.39 is 17.6 Å². The summed E-state index contributed by atoms with van der Waals surface area (Å²) in [7, 11) is 5.60. The molecule has 3 aromatic carbocycles. The molecule has 66 heavy (non-hydrogen) atoms. The van der Waals surface area contributed by atoms with Crippen molar-refractivity contribution in [2.45, 2.75) is 192 Å². The third-order valence-electron chi connectivity index (χ3n) is 12.6. The lowest BCUT2D eigenvalue weighted by molar-refractivity contribution is -0.164. The lowest BCUT2D eigenvalue weighted by Crippen LogP contribution is -2.41. The molecular formula is C57H89NO8. The van der Waals surface area contributed by atoms with Gasteiger partial charge in [-0.3, -0.25) is 9.59 Å². The number of likely N-dealkylation sites (N-methyl/N-ethyl adjacent to an activating group) is 1. The number of esters is 2. The smallest absolute Gasteiger partial charge is 0.306 e. The molecule has 3 aromatic rings. The van der Waals surface area contributed by atoms with Crippen molar-refractivity contribution in [3.05, 3.63) is 95.6 Å². The minimum atomic E-state index is -1.62. The van der Waals surface area contributed by atoms with Crippen LogP contribution in [0.3, 0.4) is 0 Å². The maximum atomic E-state index is 13.7. The molecule has 0 aromatic heterocycles. The number of rotatable bonds is 40. The monoisotopic (exact) mass is 916 g/mol. The Labute approximate surface area is 400 Å². The Hall–Kier alpha value is -3.92. The van der Waals surface area contributed by atoms with Crippen LogP contribution in [0.25, 0.3) is 0 Å². The highest BCUT2D eigenvalue weighted by Gasteiger charge is 2.43. The predicted molar refractivity (Wildman–Crippen MR) is 269 cm³/mol. The highest BCUT2D eigenvalue weighted by molar-refractivity contribution is 5.70. The van der Waals surface area contributed by atoms with Crippen LogP contribution in [-0.4, -0.2) is 75.8 Å². The molecule has 0 spiro atoms. The van der Waals surface area contributed by atoms with E-state index in [9.17, 15) is 14.7 Å². The first-order chi connectivity index (χ1) is 32.2. The van der Waals surface area contributed by atoms with Gasteiger partial charge in [-0.2, -0.15) is 0 Å². The van der Waals surface area contributed by atoms with Crippen LogP contribution in [0.2, 0.25) is 0 Å². The fourth-order valence-electron chi connectivity index (χ4n) is 8.71. The fourth-order valence-corrected chi connectivity index (χ4v) is 8.71. The van der Waals surface area contributed by atoms with Crippen LogP contribution in [0.1, 0.15) is 197 Å². The number of unbranched alkanes of at least 4 members (excludes halogenated alkanes) is 20. The summed E-state index contributed by atoms with van der Waals surface area (Å²) in [4.78, 5) is 29.0. The second kappa shape index (κ2) is 35.3. The molecule has 0 saturated carbocycles. The molecule has 0 radical (unpaired) electrons. The van der Waals surface area contributed by atoms with Gasteiger partial charge in [0.2, 0.25) is 0 Å². The Balaban J connectivity index is 1.82. The Morgan fingerprint density at radius 1 is 0.576 bits per heavy atom. The molecule has 0 heterocycles. The molecule has 0 fully saturated rings. The number of benzene rings is 3. The summed E-state index contributed by atoms with van der Waals surface area (Å²) in [5.41, 5.74) is 0.700. The molecule has 1 N–H and O–H groups in total. The minimum absolute atomic E-state index is 0.0135. The van der Waals surface area contributed by atoms with Gasteiger partial charge in [0.05, 0.1) is 0 Å². The number of carbonyl (C=O) groups excluding carboxylic acids is 2. The van der Waals surface area contributed by atoms with Crippen molar-refractivity contribution in [1.29, 1.82) is 0 Å². The molecule has 9 nitrogen and oxygen atoms in total. The molecule has 0 amide bonds. The molecule has 9 heteroatoms. The summed E-state index contributed by atoms with van der Waals surface area (Å²) in [5, 5.41) is 13.5. The Bertz CT molecular complexity index is 1650. The van der Waals surface area contributed by atoms with Crippen molar-refractivity contribution in [2.24, 2.45) is 0 Å². The van der Waals surface area contributed by atoms with E-state index >= 15 is 0 Å². The second-order valence-electron chi connectivity index (χ2n) is 18.6. The number of aliphatic hydroxyl groups is 1. The molecular weight excluding hydrogens is 827 g/mol. The summed E-state index contributed by atoms with van der Waals surface area (Å²) in [6.45, 7) is 5.77. The van der Waals surface area contributed by atoms with E-state index in [1.54, 1.807) is 7.11 Å². The average molecular weight is 916 g/mol. The number of methoxy groups -OCH3 is 1. The van der Waals surface area contributed by atoms with Crippen molar-refractivity contribution in [2.75, 3.05) is 47.8 Å². The second-order valence-corrected chi connectivity index (χ2v) is 18.6. The molecule has 0 bridgehead atoms. The van der Waals surface area contributed by atoms with Crippen molar-refractivity contribution in [1.82, 2.24) is 4.90 Å². The van der Waals surface area contributed by atoms with E-state index in [0.29, 0.717) is 24.3 Å². The van der Waals surface area contributed by atoms with Gasteiger partial charge in [-0.25, -0.2) is 0 Å².